The van der Waals surface area contributed by atoms with Crippen LogP contribution in [-0.2, 0) is 11.3 Å². The SMILES string of the molecule is CC[NH2+][C@H](C)c1nc2ccccc2c(=O)n1CCOC. The van der Waals surface area contributed by atoms with Gasteiger partial charge in [-0.15, -0.1) is 0 Å². The molecule has 1 aromatic carbocycles. The van der Waals surface area contributed by atoms with E-state index in [-0.39, 0.29) is 11.6 Å². The highest BCUT2D eigenvalue weighted by Crippen LogP contribution is 2.11. The molecule has 5 heteroatoms. The molecule has 108 valence electrons. The second-order valence-electron chi connectivity index (χ2n) is 4.87. The fraction of sp³-hybridized carbons (Fsp3) is 0.467. The van der Waals surface area contributed by atoms with Crippen molar-refractivity contribution in [3.05, 3.63) is 40.4 Å². The molecule has 1 aromatic heterocycles. The molecule has 0 aliphatic carbocycles. The van der Waals surface area contributed by atoms with Crippen molar-refractivity contribution in [3.63, 3.8) is 0 Å². The van der Waals surface area contributed by atoms with Gasteiger partial charge in [0.25, 0.3) is 5.56 Å². The number of hydrogen-bond acceptors (Lipinski definition) is 3. The number of aromatic nitrogens is 2. The first-order chi connectivity index (χ1) is 9.69. The van der Waals surface area contributed by atoms with Crippen molar-refractivity contribution in [3.8, 4) is 0 Å². The largest absolute Gasteiger partial charge is 0.383 e. The molecule has 1 heterocycles. The zero-order chi connectivity index (χ0) is 14.5. The summed E-state index contributed by atoms with van der Waals surface area (Å²) in [6, 6.07) is 7.64. The van der Waals surface area contributed by atoms with E-state index in [1.807, 2.05) is 24.3 Å². The average molecular weight is 276 g/mol. The zero-order valence-electron chi connectivity index (χ0n) is 12.3. The summed E-state index contributed by atoms with van der Waals surface area (Å²) in [4.78, 5) is 17.3. The van der Waals surface area contributed by atoms with Gasteiger partial charge in [0, 0.05) is 7.11 Å². The molecule has 0 saturated heterocycles. The standard InChI is InChI=1S/C15H21N3O2/c1-4-16-11(2)14-17-13-8-6-5-7-12(13)15(19)18(14)9-10-20-3/h5-8,11,16H,4,9-10H2,1-3H3/p+1/t11-/m1/s1. The van der Waals surface area contributed by atoms with Crippen molar-refractivity contribution in [1.29, 1.82) is 0 Å². The molecular formula is C15H22N3O2+. The molecule has 0 bridgehead atoms. The van der Waals surface area contributed by atoms with Gasteiger partial charge in [-0.05, 0) is 26.0 Å². The van der Waals surface area contributed by atoms with Gasteiger partial charge in [-0.25, -0.2) is 4.98 Å². The van der Waals surface area contributed by atoms with E-state index in [0.717, 1.165) is 17.9 Å². The fourth-order valence-corrected chi connectivity index (χ4v) is 2.39. The predicted octanol–water partition coefficient (Wildman–Crippen LogP) is 0.687. The molecule has 0 unspecified atom stereocenters. The Kier molecular flexibility index (Phi) is 4.87. The van der Waals surface area contributed by atoms with Crippen LogP contribution in [0.2, 0.25) is 0 Å². The van der Waals surface area contributed by atoms with Crippen LogP contribution >= 0.6 is 0 Å². The smallest absolute Gasteiger partial charge is 0.261 e. The van der Waals surface area contributed by atoms with Crippen LogP contribution in [0.25, 0.3) is 10.9 Å². The zero-order valence-corrected chi connectivity index (χ0v) is 12.3. The lowest BCUT2D eigenvalue weighted by Crippen LogP contribution is -2.84. The summed E-state index contributed by atoms with van der Waals surface area (Å²) in [5.74, 6) is 0.813. The van der Waals surface area contributed by atoms with Gasteiger partial charge in [0.15, 0.2) is 5.82 Å². The molecule has 2 rings (SSSR count). The maximum absolute atomic E-state index is 12.6. The first kappa shape index (κ1) is 14.7. The number of methoxy groups -OCH3 is 1. The lowest BCUT2D eigenvalue weighted by atomic mass is 10.2. The Bertz CT molecular complexity index is 637. The third-order valence-corrected chi connectivity index (χ3v) is 3.41. The summed E-state index contributed by atoms with van der Waals surface area (Å²) < 4.78 is 6.85. The Morgan fingerprint density at radius 3 is 2.85 bits per heavy atom. The highest BCUT2D eigenvalue weighted by molar-refractivity contribution is 5.77. The Hall–Kier alpha value is -1.72. The monoisotopic (exact) mass is 276 g/mol. The van der Waals surface area contributed by atoms with E-state index in [4.69, 9.17) is 4.74 Å². The van der Waals surface area contributed by atoms with Gasteiger partial charge in [0.2, 0.25) is 0 Å². The van der Waals surface area contributed by atoms with Gasteiger partial charge in [-0.3, -0.25) is 9.36 Å². The normalized spacial score (nSPS) is 12.8. The first-order valence-electron chi connectivity index (χ1n) is 7.00. The van der Waals surface area contributed by atoms with Crippen LogP contribution in [-0.4, -0.2) is 29.8 Å². The van der Waals surface area contributed by atoms with Crippen LogP contribution < -0.4 is 10.9 Å². The third kappa shape index (κ3) is 2.89. The van der Waals surface area contributed by atoms with E-state index in [1.54, 1.807) is 11.7 Å². The maximum atomic E-state index is 12.6. The van der Waals surface area contributed by atoms with Crippen molar-refractivity contribution >= 4 is 10.9 Å². The topological polar surface area (TPSA) is 60.7 Å². The summed E-state index contributed by atoms with van der Waals surface area (Å²) in [7, 11) is 1.64. The minimum absolute atomic E-state index is 0.0130. The molecule has 2 aromatic rings. The second kappa shape index (κ2) is 6.63. The van der Waals surface area contributed by atoms with Crippen molar-refractivity contribution < 1.29 is 10.1 Å². The fourth-order valence-electron chi connectivity index (χ4n) is 2.39. The van der Waals surface area contributed by atoms with Crippen molar-refractivity contribution in [1.82, 2.24) is 9.55 Å². The number of rotatable bonds is 6. The van der Waals surface area contributed by atoms with E-state index in [0.29, 0.717) is 18.5 Å². The number of quaternary nitrogens is 1. The summed E-state index contributed by atoms with van der Waals surface area (Å²) in [6.07, 6.45) is 0. The molecule has 0 spiro atoms. The van der Waals surface area contributed by atoms with Crippen LogP contribution in [0.4, 0.5) is 0 Å². The number of ether oxygens (including phenoxy) is 1. The summed E-state index contributed by atoms with van der Waals surface area (Å²) in [5.41, 5.74) is 0.775. The minimum Gasteiger partial charge on any atom is -0.383 e. The van der Waals surface area contributed by atoms with Gasteiger partial charge >= 0.3 is 0 Å². The van der Waals surface area contributed by atoms with Crippen molar-refractivity contribution in [2.75, 3.05) is 20.3 Å². The van der Waals surface area contributed by atoms with E-state index >= 15 is 0 Å². The second-order valence-corrected chi connectivity index (χ2v) is 4.87. The van der Waals surface area contributed by atoms with Gasteiger partial charge in [0.1, 0.15) is 6.04 Å². The average Bonchev–Trinajstić information content (AvgIpc) is 2.46. The summed E-state index contributed by atoms with van der Waals surface area (Å²) >= 11 is 0. The maximum Gasteiger partial charge on any atom is 0.261 e. The van der Waals surface area contributed by atoms with Crippen LogP contribution in [0, 0.1) is 0 Å². The van der Waals surface area contributed by atoms with Crippen LogP contribution in [0.5, 0.6) is 0 Å². The van der Waals surface area contributed by atoms with Gasteiger partial charge in [-0.1, -0.05) is 12.1 Å². The molecule has 0 radical (unpaired) electrons. The Morgan fingerprint density at radius 1 is 1.40 bits per heavy atom. The molecule has 0 aliphatic rings. The number of nitrogens with two attached hydrogens (primary N) is 1. The van der Waals surface area contributed by atoms with Crippen molar-refractivity contribution in [2.45, 2.75) is 26.4 Å². The predicted molar refractivity (Wildman–Crippen MR) is 78.8 cm³/mol. The molecule has 0 amide bonds. The highest BCUT2D eigenvalue weighted by Gasteiger charge is 2.17. The van der Waals surface area contributed by atoms with Gasteiger partial charge in [-0.2, -0.15) is 0 Å². The van der Waals surface area contributed by atoms with Gasteiger partial charge < -0.3 is 10.1 Å². The number of nitrogens with zero attached hydrogens (tertiary/aromatic N) is 2. The lowest BCUT2D eigenvalue weighted by molar-refractivity contribution is -0.691. The molecular weight excluding hydrogens is 254 g/mol. The molecule has 1 atom stereocenters. The van der Waals surface area contributed by atoms with Crippen LogP contribution in [0.1, 0.15) is 25.7 Å². The Balaban J connectivity index is 2.60. The van der Waals surface area contributed by atoms with E-state index in [9.17, 15) is 4.79 Å². The Labute approximate surface area is 118 Å². The van der Waals surface area contributed by atoms with E-state index < -0.39 is 0 Å². The van der Waals surface area contributed by atoms with Crippen molar-refractivity contribution in [2.24, 2.45) is 0 Å². The molecule has 20 heavy (non-hydrogen) atoms. The quantitative estimate of drug-likeness (QED) is 0.844. The van der Waals surface area contributed by atoms with Gasteiger partial charge in [0.05, 0.1) is 30.6 Å². The van der Waals surface area contributed by atoms with E-state index in [2.05, 4.69) is 24.1 Å². The van der Waals surface area contributed by atoms with Crippen LogP contribution in [0.15, 0.2) is 29.1 Å². The highest BCUT2D eigenvalue weighted by atomic mass is 16.5. The number of para-hydroxylation sites is 1. The Morgan fingerprint density at radius 2 is 2.15 bits per heavy atom. The number of fused-ring (bicyclic) bond motifs is 1. The summed E-state index contributed by atoms with van der Waals surface area (Å²) in [6.45, 7) is 6.16. The minimum atomic E-state index is 0.0130. The third-order valence-electron chi connectivity index (χ3n) is 3.41. The number of benzene rings is 1. The molecule has 2 N–H and O–H groups in total. The molecule has 0 fully saturated rings. The molecule has 0 saturated carbocycles. The first-order valence-corrected chi connectivity index (χ1v) is 7.00. The number of hydrogen-bond donors (Lipinski definition) is 1. The van der Waals surface area contributed by atoms with Crippen LogP contribution in [0.3, 0.4) is 0 Å². The molecule has 5 nitrogen and oxygen atoms in total. The summed E-state index contributed by atoms with van der Waals surface area (Å²) in [5, 5.41) is 2.83. The molecule has 0 aliphatic heterocycles. The lowest BCUT2D eigenvalue weighted by Gasteiger charge is -2.16. The van der Waals surface area contributed by atoms with E-state index in [1.165, 1.54) is 0 Å².